The van der Waals surface area contributed by atoms with Gasteiger partial charge in [0.1, 0.15) is 18.3 Å². The molecule has 2 aromatic heterocycles. The molecule has 3 heterocycles. The van der Waals surface area contributed by atoms with Gasteiger partial charge >= 0.3 is 29.2 Å². The van der Waals surface area contributed by atoms with Gasteiger partial charge in [0.2, 0.25) is 5.95 Å². The molecule has 0 aromatic carbocycles. The van der Waals surface area contributed by atoms with Crippen molar-refractivity contribution in [1.29, 1.82) is 0 Å². The highest BCUT2D eigenvalue weighted by atomic mass is 31.3. The molecule has 0 saturated carbocycles. The van der Waals surface area contributed by atoms with Crippen LogP contribution in [0.1, 0.15) is 6.23 Å². The molecule has 6 atom stereocenters. The van der Waals surface area contributed by atoms with E-state index in [4.69, 9.17) is 25.2 Å². The van der Waals surface area contributed by atoms with Crippen LogP contribution in [-0.4, -0.2) is 74.2 Å². The molecule has 33 heavy (non-hydrogen) atoms. The van der Waals surface area contributed by atoms with E-state index < -0.39 is 71.8 Å². The number of fused-ring (bicyclic) bond motifs is 1. The lowest BCUT2D eigenvalue weighted by molar-refractivity contribution is -0.0517. The predicted octanol–water partition coefficient (Wildman–Crippen LogP) is -3.04. The maximum atomic E-state index is 12.3. The lowest BCUT2D eigenvalue weighted by Gasteiger charge is -2.19. The van der Waals surface area contributed by atoms with Crippen LogP contribution in [0.25, 0.3) is 11.2 Å². The minimum atomic E-state index is -5.78. The Hall–Kier alpha value is -1.76. The van der Waals surface area contributed by atoms with Crippen molar-refractivity contribution in [2.75, 3.05) is 12.3 Å². The molecular weight excluding hydrogens is 523 g/mol. The normalized spacial score (nSPS) is 27.5. The number of rotatable bonds is 8. The lowest BCUT2D eigenvalue weighted by Crippen LogP contribution is -2.35. The number of phosphoric acid groups is 3. The molecule has 186 valence electrons. The number of anilines is 1. The van der Waals surface area contributed by atoms with Crippen LogP contribution < -0.4 is 17.0 Å². The van der Waals surface area contributed by atoms with Gasteiger partial charge in [0.25, 0.3) is 5.56 Å². The summed E-state index contributed by atoms with van der Waals surface area (Å²) in [7, 11) is -16.9. The molecule has 1 saturated heterocycles. The van der Waals surface area contributed by atoms with E-state index in [2.05, 4.69) is 28.1 Å². The van der Waals surface area contributed by atoms with Crippen LogP contribution in [0.2, 0.25) is 0 Å². The zero-order chi connectivity index (χ0) is 24.9. The Labute approximate surface area is 180 Å². The van der Waals surface area contributed by atoms with Crippen molar-refractivity contribution in [1.82, 2.24) is 19.5 Å². The van der Waals surface area contributed by atoms with Crippen molar-refractivity contribution in [3.63, 3.8) is 0 Å². The van der Waals surface area contributed by atoms with Crippen LogP contribution in [-0.2, 0) is 31.6 Å². The SMILES string of the molecule is Nc1nc2c([nH]c(=O)n2[C@@H]2O[C@H](COP(=O)(O)OP(=O)(O)OP(=O)(O)O)[C@@H](O)[C@H]2O)c(=O)[nH]1. The van der Waals surface area contributed by atoms with Crippen LogP contribution in [0.3, 0.4) is 0 Å². The molecule has 23 heteroatoms. The molecule has 10 N–H and O–H groups in total. The molecule has 1 fully saturated rings. The number of nitrogen functional groups attached to an aromatic ring is 1. The Morgan fingerprint density at radius 2 is 1.67 bits per heavy atom. The summed E-state index contributed by atoms with van der Waals surface area (Å²) in [6.07, 6.45) is -7.12. The van der Waals surface area contributed by atoms with Crippen LogP contribution in [0.5, 0.6) is 0 Å². The van der Waals surface area contributed by atoms with Crippen LogP contribution in [0.4, 0.5) is 5.95 Å². The number of aliphatic hydroxyl groups excluding tert-OH is 2. The molecule has 0 bridgehead atoms. The summed E-state index contributed by atoms with van der Waals surface area (Å²) >= 11 is 0. The lowest BCUT2D eigenvalue weighted by atomic mass is 10.1. The summed E-state index contributed by atoms with van der Waals surface area (Å²) in [5.74, 6) is -0.391. The Morgan fingerprint density at radius 1 is 1.03 bits per heavy atom. The number of nitrogens with zero attached hydrogens (tertiary/aromatic N) is 2. The smallest absolute Gasteiger partial charge is 0.387 e. The van der Waals surface area contributed by atoms with Gasteiger partial charge in [0.05, 0.1) is 6.61 Å². The number of ether oxygens (including phenoxy) is 1. The number of phosphoric ester groups is 1. The number of hydrogen-bond acceptors (Lipinski definition) is 13. The number of aliphatic hydroxyl groups is 2. The highest BCUT2D eigenvalue weighted by molar-refractivity contribution is 7.66. The zero-order valence-corrected chi connectivity index (χ0v) is 18.4. The molecule has 0 spiro atoms. The first-order valence-electron chi connectivity index (χ1n) is 8.29. The maximum absolute atomic E-state index is 12.3. The van der Waals surface area contributed by atoms with Gasteiger partial charge in [0.15, 0.2) is 17.4 Å². The second-order valence-electron chi connectivity index (χ2n) is 6.38. The zero-order valence-electron chi connectivity index (χ0n) is 15.7. The first-order valence-corrected chi connectivity index (χ1v) is 12.8. The largest absolute Gasteiger partial charge is 0.490 e. The molecule has 20 nitrogen and oxygen atoms in total. The van der Waals surface area contributed by atoms with E-state index in [9.17, 15) is 38.4 Å². The highest BCUT2D eigenvalue weighted by Crippen LogP contribution is 2.66. The standard InChI is InChI=1S/C10H16N5O15P3/c11-9-13-6-3(7(18)14-9)12-10(19)15(6)8-5(17)4(16)2(28-8)1-27-32(23,24)30-33(25,26)29-31(20,21)22/h2,4-5,8,16-17H,1H2,(H,12,19)(H,23,24)(H,25,26)(H2,20,21,22)(H3,11,13,14,18)/t2-,4-,5-,8-/m1/s1. The minimum Gasteiger partial charge on any atom is -0.387 e. The van der Waals surface area contributed by atoms with Crippen molar-refractivity contribution in [2.24, 2.45) is 0 Å². The number of aromatic nitrogens is 4. The summed E-state index contributed by atoms with van der Waals surface area (Å²) in [4.78, 5) is 67.8. The molecule has 0 amide bonds. The van der Waals surface area contributed by atoms with Crippen molar-refractivity contribution in [2.45, 2.75) is 24.5 Å². The predicted molar refractivity (Wildman–Crippen MR) is 101 cm³/mol. The van der Waals surface area contributed by atoms with Gasteiger partial charge < -0.3 is 40.3 Å². The highest BCUT2D eigenvalue weighted by Gasteiger charge is 2.47. The quantitative estimate of drug-likeness (QED) is 0.150. The maximum Gasteiger partial charge on any atom is 0.490 e. The summed E-state index contributed by atoms with van der Waals surface area (Å²) in [5.41, 5.74) is 2.91. The average molecular weight is 539 g/mol. The molecular formula is C10H16N5O15P3. The number of nitrogens with one attached hydrogen (secondary N) is 2. The topological polar surface area (TPSA) is 319 Å². The third-order valence-electron chi connectivity index (χ3n) is 4.01. The molecule has 2 unspecified atom stereocenters. The van der Waals surface area contributed by atoms with Crippen molar-refractivity contribution < 1.29 is 61.4 Å². The van der Waals surface area contributed by atoms with Gasteiger partial charge in [-0.3, -0.25) is 19.3 Å². The number of H-pyrrole nitrogens is 2. The fourth-order valence-corrected chi connectivity index (χ4v) is 5.85. The summed E-state index contributed by atoms with van der Waals surface area (Å²) in [6, 6.07) is 0. The number of hydrogen-bond donors (Lipinski definition) is 9. The molecule has 0 radical (unpaired) electrons. The first-order chi connectivity index (χ1) is 15.0. The van der Waals surface area contributed by atoms with Crippen LogP contribution >= 0.6 is 23.5 Å². The average Bonchev–Trinajstić information content (AvgIpc) is 3.07. The monoisotopic (exact) mass is 539 g/mol. The van der Waals surface area contributed by atoms with Gasteiger partial charge in [-0.2, -0.15) is 13.6 Å². The summed E-state index contributed by atoms with van der Waals surface area (Å²) in [5, 5.41) is 20.4. The van der Waals surface area contributed by atoms with Crippen molar-refractivity contribution >= 4 is 40.6 Å². The van der Waals surface area contributed by atoms with E-state index in [-0.39, 0.29) is 11.2 Å². The fraction of sp³-hybridized carbons (Fsp3) is 0.500. The third kappa shape index (κ3) is 5.84. The number of aromatic amines is 2. The van der Waals surface area contributed by atoms with Gasteiger partial charge in [-0.25, -0.2) is 23.1 Å². The Kier molecular flexibility index (Phi) is 6.89. The van der Waals surface area contributed by atoms with Crippen LogP contribution in [0.15, 0.2) is 9.59 Å². The summed E-state index contributed by atoms with van der Waals surface area (Å²) in [6.45, 7) is -1.11. The van der Waals surface area contributed by atoms with Crippen molar-refractivity contribution in [3.05, 3.63) is 20.8 Å². The Balaban J connectivity index is 1.78. The fourth-order valence-electron chi connectivity index (χ4n) is 2.82. The second kappa shape index (κ2) is 8.79. The van der Waals surface area contributed by atoms with E-state index in [0.717, 1.165) is 0 Å². The minimum absolute atomic E-state index is 0.337. The molecule has 3 rings (SSSR count). The molecule has 0 aliphatic carbocycles. The van der Waals surface area contributed by atoms with Gasteiger partial charge in [-0.05, 0) is 0 Å². The third-order valence-corrected chi connectivity index (χ3v) is 7.81. The van der Waals surface area contributed by atoms with Gasteiger partial charge in [0, 0.05) is 0 Å². The molecule has 1 aliphatic heterocycles. The van der Waals surface area contributed by atoms with Gasteiger partial charge in [-0.1, -0.05) is 0 Å². The van der Waals surface area contributed by atoms with Crippen molar-refractivity contribution in [3.8, 4) is 0 Å². The van der Waals surface area contributed by atoms with Gasteiger partial charge in [-0.15, -0.1) is 0 Å². The van der Waals surface area contributed by atoms with E-state index in [1.807, 2.05) is 0 Å². The van der Waals surface area contributed by atoms with Crippen LogP contribution in [0, 0.1) is 0 Å². The summed E-state index contributed by atoms with van der Waals surface area (Å²) < 4.78 is 51.0. The Bertz CT molecular complexity index is 1310. The second-order valence-corrected chi connectivity index (χ2v) is 10.8. The Morgan fingerprint density at radius 3 is 2.27 bits per heavy atom. The molecule has 1 aliphatic rings. The van der Waals surface area contributed by atoms with E-state index in [1.165, 1.54) is 0 Å². The van der Waals surface area contributed by atoms with E-state index in [1.54, 1.807) is 0 Å². The number of imidazole rings is 1. The number of nitrogens with two attached hydrogens (primary N) is 1. The van der Waals surface area contributed by atoms with E-state index in [0.29, 0.717) is 4.57 Å². The molecule has 2 aromatic rings. The first kappa shape index (κ1) is 25.9. The van der Waals surface area contributed by atoms with E-state index >= 15 is 0 Å².